The van der Waals surface area contributed by atoms with E-state index in [2.05, 4.69) is 27.5 Å². The minimum Gasteiger partial charge on any atom is -0.315 e. The van der Waals surface area contributed by atoms with Gasteiger partial charge in [0.05, 0.1) is 6.54 Å². The van der Waals surface area contributed by atoms with E-state index in [1.807, 2.05) is 6.20 Å². The van der Waals surface area contributed by atoms with Gasteiger partial charge in [0, 0.05) is 30.7 Å². The smallest absolute Gasteiger partial charge is 0.107 e. The van der Waals surface area contributed by atoms with Crippen LogP contribution in [0.15, 0.2) is 11.6 Å². The SMILES string of the molecule is CC1CCNCCN1Cc1nccs1. The van der Waals surface area contributed by atoms with Crippen LogP contribution in [0.1, 0.15) is 18.4 Å². The maximum absolute atomic E-state index is 4.33. The van der Waals surface area contributed by atoms with Crippen LogP contribution < -0.4 is 5.32 Å². The molecule has 1 aliphatic heterocycles. The molecular formula is C10H17N3S. The van der Waals surface area contributed by atoms with E-state index >= 15 is 0 Å². The van der Waals surface area contributed by atoms with Crippen LogP contribution in [0.3, 0.4) is 0 Å². The molecule has 4 heteroatoms. The second-order valence-corrected chi connectivity index (χ2v) is 4.76. The highest BCUT2D eigenvalue weighted by Gasteiger charge is 2.17. The molecular weight excluding hydrogens is 194 g/mol. The van der Waals surface area contributed by atoms with Crippen molar-refractivity contribution in [2.75, 3.05) is 19.6 Å². The number of thiazole rings is 1. The predicted molar refractivity (Wildman–Crippen MR) is 59.5 cm³/mol. The summed E-state index contributed by atoms with van der Waals surface area (Å²) in [6.45, 7) is 6.72. The van der Waals surface area contributed by atoms with E-state index in [1.165, 1.54) is 11.4 Å². The lowest BCUT2D eigenvalue weighted by Crippen LogP contribution is -2.33. The summed E-state index contributed by atoms with van der Waals surface area (Å²) in [7, 11) is 0. The highest BCUT2D eigenvalue weighted by Crippen LogP contribution is 2.13. The second kappa shape index (κ2) is 4.87. The van der Waals surface area contributed by atoms with Gasteiger partial charge in [0.15, 0.2) is 0 Å². The quantitative estimate of drug-likeness (QED) is 0.800. The van der Waals surface area contributed by atoms with Crippen molar-refractivity contribution in [1.82, 2.24) is 15.2 Å². The van der Waals surface area contributed by atoms with Gasteiger partial charge in [-0.15, -0.1) is 11.3 Å². The van der Waals surface area contributed by atoms with Crippen LogP contribution in [-0.2, 0) is 6.54 Å². The fourth-order valence-electron chi connectivity index (χ4n) is 1.80. The Morgan fingerprint density at radius 2 is 2.57 bits per heavy atom. The summed E-state index contributed by atoms with van der Waals surface area (Å²) >= 11 is 1.75. The molecule has 1 aromatic heterocycles. The zero-order valence-corrected chi connectivity index (χ0v) is 9.39. The molecule has 0 amide bonds. The van der Waals surface area contributed by atoms with Crippen LogP contribution in [0.5, 0.6) is 0 Å². The van der Waals surface area contributed by atoms with E-state index in [1.54, 1.807) is 11.3 Å². The summed E-state index contributed by atoms with van der Waals surface area (Å²) in [5.41, 5.74) is 0. The highest BCUT2D eigenvalue weighted by molar-refractivity contribution is 7.09. The molecule has 0 spiro atoms. The van der Waals surface area contributed by atoms with Gasteiger partial charge in [0.25, 0.3) is 0 Å². The third-order valence-electron chi connectivity index (χ3n) is 2.76. The fraction of sp³-hybridized carbons (Fsp3) is 0.700. The van der Waals surface area contributed by atoms with Gasteiger partial charge in [-0.3, -0.25) is 4.90 Å². The van der Waals surface area contributed by atoms with Crippen molar-refractivity contribution >= 4 is 11.3 Å². The van der Waals surface area contributed by atoms with Gasteiger partial charge in [0.2, 0.25) is 0 Å². The number of nitrogens with one attached hydrogen (secondary N) is 1. The summed E-state index contributed by atoms with van der Waals surface area (Å²) in [5, 5.41) is 6.72. The molecule has 1 fully saturated rings. The van der Waals surface area contributed by atoms with E-state index < -0.39 is 0 Å². The number of hydrogen-bond acceptors (Lipinski definition) is 4. The van der Waals surface area contributed by atoms with Gasteiger partial charge in [-0.2, -0.15) is 0 Å². The lowest BCUT2D eigenvalue weighted by atomic mass is 10.2. The summed E-state index contributed by atoms with van der Waals surface area (Å²) < 4.78 is 0. The van der Waals surface area contributed by atoms with Crippen molar-refractivity contribution in [2.45, 2.75) is 25.9 Å². The Bertz CT molecular complexity index is 260. The van der Waals surface area contributed by atoms with Crippen molar-refractivity contribution in [3.05, 3.63) is 16.6 Å². The monoisotopic (exact) mass is 211 g/mol. The van der Waals surface area contributed by atoms with Crippen LogP contribution in [-0.4, -0.2) is 35.6 Å². The Kier molecular flexibility index (Phi) is 3.50. The van der Waals surface area contributed by atoms with Crippen molar-refractivity contribution in [3.8, 4) is 0 Å². The molecule has 0 saturated carbocycles. The van der Waals surface area contributed by atoms with Gasteiger partial charge in [-0.1, -0.05) is 0 Å². The zero-order valence-electron chi connectivity index (χ0n) is 8.57. The first-order valence-electron chi connectivity index (χ1n) is 5.19. The molecule has 0 aliphatic carbocycles. The van der Waals surface area contributed by atoms with Gasteiger partial charge in [-0.05, 0) is 19.9 Å². The van der Waals surface area contributed by atoms with Crippen LogP contribution in [0, 0.1) is 0 Å². The first-order chi connectivity index (χ1) is 6.86. The van der Waals surface area contributed by atoms with Gasteiger partial charge in [0.1, 0.15) is 5.01 Å². The van der Waals surface area contributed by atoms with E-state index in [9.17, 15) is 0 Å². The predicted octanol–water partition coefficient (Wildman–Crippen LogP) is 1.33. The lowest BCUT2D eigenvalue weighted by Gasteiger charge is -2.25. The first-order valence-corrected chi connectivity index (χ1v) is 6.07. The average molecular weight is 211 g/mol. The molecule has 1 aliphatic rings. The molecule has 14 heavy (non-hydrogen) atoms. The maximum Gasteiger partial charge on any atom is 0.107 e. The molecule has 1 saturated heterocycles. The number of hydrogen-bond donors (Lipinski definition) is 1. The Labute approximate surface area is 89.1 Å². The van der Waals surface area contributed by atoms with Crippen LogP contribution in [0.25, 0.3) is 0 Å². The summed E-state index contributed by atoms with van der Waals surface area (Å²) in [6, 6.07) is 0.675. The maximum atomic E-state index is 4.33. The van der Waals surface area contributed by atoms with Crippen molar-refractivity contribution in [3.63, 3.8) is 0 Å². The average Bonchev–Trinajstić information content (AvgIpc) is 2.60. The molecule has 1 atom stereocenters. The molecule has 1 unspecified atom stereocenters. The zero-order chi connectivity index (χ0) is 9.80. The molecule has 3 nitrogen and oxygen atoms in total. The molecule has 0 aromatic carbocycles. The minimum atomic E-state index is 0.675. The normalized spacial score (nSPS) is 24.8. The molecule has 1 aromatic rings. The Morgan fingerprint density at radius 3 is 3.36 bits per heavy atom. The van der Waals surface area contributed by atoms with Gasteiger partial charge < -0.3 is 5.32 Å². The topological polar surface area (TPSA) is 28.2 Å². The van der Waals surface area contributed by atoms with Gasteiger partial charge >= 0.3 is 0 Å². The van der Waals surface area contributed by atoms with Crippen molar-refractivity contribution in [2.24, 2.45) is 0 Å². The summed E-state index contributed by atoms with van der Waals surface area (Å²) in [4.78, 5) is 6.84. The molecule has 78 valence electrons. The Hall–Kier alpha value is -0.450. The van der Waals surface area contributed by atoms with E-state index in [-0.39, 0.29) is 0 Å². The minimum absolute atomic E-state index is 0.675. The second-order valence-electron chi connectivity index (χ2n) is 3.78. The van der Waals surface area contributed by atoms with Crippen molar-refractivity contribution < 1.29 is 0 Å². The Morgan fingerprint density at radius 1 is 1.64 bits per heavy atom. The lowest BCUT2D eigenvalue weighted by molar-refractivity contribution is 0.211. The third-order valence-corrected chi connectivity index (χ3v) is 3.52. The molecule has 0 bridgehead atoms. The molecule has 0 radical (unpaired) electrons. The first kappa shape index (κ1) is 10.1. The van der Waals surface area contributed by atoms with Gasteiger partial charge in [-0.25, -0.2) is 4.98 Å². The van der Waals surface area contributed by atoms with E-state index in [0.717, 1.165) is 26.2 Å². The van der Waals surface area contributed by atoms with E-state index in [4.69, 9.17) is 0 Å². The number of rotatable bonds is 2. The molecule has 2 heterocycles. The number of aromatic nitrogens is 1. The van der Waals surface area contributed by atoms with Crippen LogP contribution in [0.4, 0.5) is 0 Å². The molecule has 1 N–H and O–H groups in total. The third kappa shape index (κ3) is 2.53. The summed E-state index contributed by atoms with van der Waals surface area (Å²) in [5.74, 6) is 0. The van der Waals surface area contributed by atoms with Crippen LogP contribution >= 0.6 is 11.3 Å². The fourth-order valence-corrected chi connectivity index (χ4v) is 2.44. The molecule has 2 rings (SSSR count). The Balaban J connectivity index is 1.94. The summed E-state index contributed by atoms with van der Waals surface area (Å²) in [6.07, 6.45) is 3.13. The van der Waals surface area contributed by atoms with E-state index in [0.29, 0.717) is 6.04 Å². The van der Waals surface area contributed by atoms with Crippen molar-refractivity contribution in [1.29, 1.82) is 0 Å². The van der Waals surface area contributed by atoms with Crippen LogP contribution in [0.2, 0.25) is 0 Å². The standard InChI is InChI=1S/C10H17N3S/c1-9-2-3-11-4-6-13(9)8-10-12-5-7-14-10/h5,7,9,11H,2-4,6,8H2,1H3. The highest BCUT2D eigenvalue weighted by atomic mass is 32.1. The number of nitrogens with zero attached hydrogens (tertiary/aromatic N) is 2. The largest absolute Gasteiger partial charge is 0.315 e.